The lowest BCUT2D eigenvalue weighted by Crippen LogP contribution is -2.31. The lowest BCUT2D eigenvalue weighted by molar-refractivity contribution is 0.414. The molecule has 1 fully saturated rings. The van der Waals surface area contributed by atoms with E-state index >= 15 is 0 Å². The second kappa shape index (κ2) is 7.22. The quantitative estimate of drug-likeness (QED) is 0.812. The standard InChI is InChI=1S/C15H25N3O2S/c1-3-9-16-14-8-5-10-17-15(14)21(19,20)18-11-13-7-4-6-12(13)2/h5,8,10,12-13,16,18H,3-4,6-7,9,11H2,1-2H3. The Hall–Kier alpha value is -1.14. The molecule has 118 valence electrons. The van der Waals surface area contributed by atoms with Gasteiger partial charge in [0.15, 0.2) is 5.03 Å². The topological polar surface area (TPSA) is 71.1 Å². The number of nitrogens with one attached hydrogen (secondary N) is 2. The molecule has 1 heterocycles. The van der Waals surface area contributed by atoms with Crippen molar-refractivity contribution in [3.8, 4) is 0 Å². The Morgan fingerprint density at radius 2 is 2.19 bits per heavy atom. The second-order valence-electron chi connectivity index (χ2n) is 5.80. The van der Waals surface area contributed by atoms with Gasteiger partial charge in [0.05, 0.1) is 5.69 Å². The summed E-state index contributed by atoms with van der Waals surface area (Å²) in [6.45, 7) is 5.47. The highest BCUT2D eigenvalue weighted by Crippen LogP contribution is 2.30. The van der Waals surface area contributed by atoms with Gasteiger partial charge < -0.3 is 5.32 Å². The number of aromatic nitrogens is 1. The van der Waals surface area contributed by atoms with Crippen LogP contribution < -0.4 is 10.0 Å². The van der Waals surface area contributed by atoms with Gasteiger partial charge in [0.1, 0.15) is 0 Å². The molecule has 0 amide bonds. The van der Waals surface area contributed by atoms with Gasteiger partial charge in [0.2, 0.25) is 0 Å². The number of nitrogens with zero attached hydrogens (tertiary/aromatic N) is 1. The Bertz CT molecular complexity index is 560. The molecule has 1 aromatic heterocycles. The van der Waals surface area contributed by atoms with Crippen LogP contribution in [0, 0.1) is 11.8 Å². The Morgan fingerprint density at radius 1 is 1.38 bits per heavy atom. The molecule has 2 unspecified atom stereocenters. The van der Waals surface area contributed by atoms with Crippen molar-refractivity contribution in [1.82, 2.24) is 9.71 Å². The van der Waals surface area contributed by atoms with Crippen LogP contribution in [-0.4, -0.2) is 26.5 Å². The normalized spacial score (nSPS) is 22.4. The fraction of sp³-hybridized carbons (Fsp3) is 0.667. The zero-order valence-electron chi connectivity index (χ0n) is 12.8. The van der Waals surface area contributed by atoms with Crippen molar-refractivity contribution in [2.75, 3.05) is 18.4 Å². The molecular formula is C15H25N3O2S. The van der Waals surface area contributed by atoms with E-state index in [1.54, 1.807) is 12.1 Å². The van der Waals surface area contributed by atoms with Gasteiger partial charge in [-0.25, -0.2) is 18.1 Å². The van der Waals surface area contributed by atoms with Crippen LogP contribution in [0.15, 0.2) is 23.4 Å². The molecule has 1 aromatic rings. The molecule has 0 spiro atoms. The van der Waals surface area contributed by atoms with Gasteiger partial charge in [-0.05, 0) is 36.8 Å². The van der Waals surface area contributed by atoms with Crippen molar-refractivity contribution in [1.29, 1.82) is 0 Å². The van der Waals surface area contributed by atoms with Crippen molar-refractivity contribution in [2.24, 2.45) is 11.8 Å². The third kappa shape index (κ3) is 4.17. The van der Waals surface area contributed by atoms with Crippen LogP contribution >= 0.6 is 0 Å². The Morgan fingerprint density at radius 3 is 2.86 bits per heavy atom. The molecular weight excluding hydrogens is 286 g/mol. The van der Waals surface area contributed by atoms with Crippen LogP contribution in [0.4, 0.5) is 5.69 Å². The average Bonchev–Trinajstić information content (AvgIpc) is 2.89. The molecule has 0 aliphatic heterocycles. The minimum atomic E-state index is -3.56. The molecule has 5 nitrogen and oxygen atoms in total. The third-order valence-electron chi connectivity index (χ3n) is 4.17. The monoisotopic (exact) mass is 311 g/mol. The second-order valence-corrected chi connectivity index (χ2v) is 7.49. The Labute approximate surface area is 127 Å². The number of rotatable bonds is 7. The summed E-state index contributed by atoms with van der Waals surface area (Å²) >= 11 is 0. The summed E-state index contributed by atoms with van der Waals surface area (Å²) in [5, 5.41) is 3.23. The summed E-state index contributed by atoms with van der Waals surface area (Å²) in [6.07, 6.45) is 5.94. The summed E-state index contributed by atoms with van der Waals surface area (Å²) in [6, 6.07) is 3.51. The van der Waals surface area contributed by atoms with Crippen molar-refractivity contribution in [3.63, 3.8) is 0 Å². The van der Waals surface area contributed by atoms with E-state index in [2.05, 4.69) is 21.9 Å². The van der Waals surface area contributed by atoms with Gasteiger partial charge in [0, 0.05) is 19.3 Å². The first-order valence-electron chi connectivity index (χ1n) is 7.73. The number of hydrogen-bond donors (Lipinski definition) is 2. The number of hydrogen-bond acceptors (Lipinski definition) is 4. The Balaban J connectivity index is 2.08. The van der Waals surface area contributed by atoms with E-state index in [0.29, 0.717) is 24.1 Å². The van der Waals surface area contributed by atoms with Crippen molar-refractivity contribution < 1.29 is 8.42 Å². The molecule has 1 aliphatic carbocycles. The van der Waals surface area contributed by atoms with Gasteiger partial charge in [-0.3, -0.25) is 0 Å². The highest BCUT2D eigenvalue weighted by Gasteiger charge is 2.26. The van der Waals surface area contributed by atoms with E-state index in [0.717, 1.165) is 19.4 Å². The van der Waals surface area contributed by atoms with E-state index in [4.69, 9.17) is 0 Å². The lowest BCUT2D eigenvalue weighted by atomic mass is 9.99. The average molecular weight is 311 g/mol. The molecule has 21 heavy (non-hydrogen) atoms. The maximum Gasteiger partial charge on any atom is 0.260 e. The van der Waals surface area contributed by atoms with E-state index in [1.807, 2.05) is 6.92 Å². The highest BCUT2D eigenvalue weighted by molar-refractivity contribution is 7.89. The predicted molar refractivity (Wildman–Crippen MR) is 84.7 cm³/mol. The fourth-order valence-electron chi connectivity index (χ4n) is 2.81. The van der Waals surface area contributed by atoms with Gasteiger partial charge >= 0.3 is 0 Å². The molecule has 0 bridgehead atoms. The van der Waals surface area contributed by atoms with Crippen molar-refractivity contribution in [2.45, 2.75) is 44.6 Å². The Kier molecular flexibility index (Phi) is 5.58. The first-order valence-corrected chi connectivity index (χ1v) is 9.21. The first kappa shape index (κ1) is 16.2. The van der Waals surface area contributed by atoms with Crippen LogP contribution in [0.2, 0.25) is 0 Å². The van der Waals surface area contributed by atoms with Gasteiger partial charge in [-0.1, -0.05) is 26.7 Å². The summed E-state index contributed by atoms with van der Waals surface area (Å²) in [4.78, 5) is 4.05. The van der Waals surface area contributed by atoms with E-state index in [9.17, 15) is 8.42 Å². The van der Waals surface area contributed by atoms with Crippen LogP contribution in [-0.2, 0) is 10.0 Å². The largest absolute Gasteiger partial charge is 0.383 e. The summed E-state index contributed by atoms with van der Waals surface area (Å²) in [5.41, 5.74) is 0.575. The van der Waals surface area contributed by atoms with Crippen LogP contribution in [0.3, 0.4) is 0 Å². The maximum absolute atomic E-state index is 12.5. The van der Waals surface area contributed by atoms with Crippen LogP contribution in [0.25, 0.3) is 0 Å². The van der Waals surface area contributed by atoms with E-state index in [1.165, 1.54) is 19.0 Å². The molecule has 1 saturated carbocycles. The van der Waals surface area contributed by atoms with Crippen LogP contribution in [0.5, 0.6) is 0 Å². The molecule has 6 heteroatoms. The first-order chi connectivity index (χ1) is 10.0. The lowest BCUT2D eigenvalue weighted by Gasteiger charge is -2.17. The minimum Gasteiger partial charge on any atom is -0.383 e. The number of pyridine rings is 1. The molecule has 1 aliphatic rings. The molecule has 0 saturated heterocycles. The van der Waals surface area contributed by atoms with Gasteiger partial charge in [-0.15, -0.1) is 0 Å². The maximum atomic E-state index is 12.5. The fourth-order valence-corrected chi connectivity index (χ4v) is 4.01. The molecule has 2 N–H and O–H groups in total. The third-order valence-corrected chi connectivity index (χ3v) is 5.55. The summed E-state index contributed by atoms with van der Waals surface area (Å²) in [5.74, 6) is 1.03. The molecule has 2 rings (SSSR count). The zero-order valence-corrected chi connectivity index (χ0v) is 13.6. The smallest absolute Gasteiger partial charge is 0.260 e. The number of sulfonamides is 1. The van der Waals surface area contributed by atoms with Crippen molar-refractivity contribution in [3.05, 3.63) is 18.3 Å². The molecule has 0 aromatic carbocycles. The van der Waals surface area contributed by atoms with Gasteiger partial charge in [-0.2, -0.15) is 0 Å². The molecule has 2 atom stereocenters. The highest BCUT2D eigenvalue weighted by atomic mass is 32.2. The predicted octanol–water partition coefficient (Wildman–Crippen LogP) is 2.62. The van der Waals surface area contributed by atoms with E-state index < -0.39 is 10.0 Å². The number of anilines is 1. The van der Waals surface area contributed by atoms with Crippen molar-refractivity contribution >= 4 is 15.7 Å². The van der Waals surface area contributed by atoms with Gasteiger partial charge in [0.25, 0.3) is 10.0 Å². The molecule has 0 radical (unpaired) electrons. The summed E-state index contributed by atoms with van der Waals surface area (Å²) in [7, 11) is -3.56. The zero-order chi connectivity index (χ0) is 15.3. The van der Waals surface area contributed by atoms with Crippen LogP contribution in [0.1, 0.15) is 39.5 Å². The minimum absolute atomic E-state index is 0.101. The SMILES string of the molecule is CCCNc1cccnc1S(=O)(=O)NCC1CCCC1C. The summed E-state index contributed by atoms with van der Waals surface area (Å²) < 4.78 is 27.7. The van der Waals surface area contributed by atoms with E-state index in [-0.39, 0.29) is 5.03 Å².